The van der Waals surface area contributed by atoms with Crippen molar-refractivity contribution in [3.8, 4) is 0 Å². The summed E-state index contributed by atoms with van der Waals surface area (Å²) in [5, 5.41) is 0. The number of nitrogens with zero attached hydrogens (tertiary/aromatic N) is 3. The van der Waals surface area contributed by atoms with E-state index in [4.69, 9.17) is 0 Å². The highest BCUT2D eigenvalue weighted by molar-refractivity contribution is 6.86. The van der Waals surface area contributed by atoms with E-state index in [1.54, 1.807) is 0 Å². The lowest BCUT2D eigenvalue weighted by Gasteiger charge is -2.48. The summed E-state index contributed by atoms with van der Waals surface area (Å²) >= 11 is 0. The summed E-state index contributed by atoms with van der Waals surface area (Å²) in [7, 11) is 2.43. The normalized spacial score (nSPS) is 17.6. The van der Waals surface area contributed by atoms with Gasteiger partial charge in [0.15, 0.2) is 0 Å². The molecule has 1 fully saturated rings. The Balaban J connectivity index is 2.04. The van der Waals surface area contributed by atoms with Crippen LogP contribution in [0, 0.1) is 0 Å². The van der Waals surface area contributed by atoms with Gasteiger partial charge in [-0.1, -0.05) is 58.0 Å². The van der Waals surface area contributed by atoms with Crippen LogP contribution in [0.25, 0.3) is 0 Å². The van der Waals surface area contributed by atoms with Crippen LogP contribution < -0.4 is 4.48 Å². The van der Waals surface area contributed by atoms with Crippen LogP contribution in [-0.4, -0.2) is 46.6 Å². The van der Waals surface area contributed by atoms with E-state index in [1.807, 2.05) is 0 Å². The summed E-state index contributed by atoms with van der Waals surface area (Å²) in [6, 6.07) is 10.9. The smallest absolute Gasteiger partial charge is 0.321 e. The molecule has 0 saturated carbocycles. The fourth-order valence-electron chi connectivity index (χ4n) is 3.07. The second kappa shape index (κ2) is 8.06. The Morgan fingerprint density at radius 2 is 1.71 bits per heavy atom. The summed E-state index contributed by atoms with van der Waals surface area (Å²) in [6.45, 7) is 9.25. The Kier molecular flexibility index (Phi) is 6.39. The summed E-state index contributed by atoms with van der Waals surface area (Å²) in [5.74, 6) is 0. The molecule has 1 aromatic rings. The minimum atomic E-state index is 0.168. The van der Waals surface area contributed by atoms with Gasteiger partial charge in [0.25, 0.3) is 6.98 Å². The maximum Gasteiger partial charge on any atom is 0.321 e. The zero-order valence-electron chi connectivity index (χ0n) is 14.0. The van der Waals surface area contributed by atoms with Crippen LogP contribution in [0.2, 0.25) is 13.6 Å². The largest absolute Gasteiger partial charge is 0.421 e. The molecule has 0 aliphatic carbocycles. The second-order valence-electron chi connectivity index (χ2n) is 6.09. The van der Waals surface area contributed by atoms with Crippen molar-refractivity contribution in [3.05, 3.63) is 30.3 Å². The summed E-state index contributed by atoms with van der Waals surface area (Å²) in [5.41, 5.74) is 1.36. The van der Waals surface area contributed by atoms with Gasteiger partial charge in [-0.05, 0) is 32.1 Å². The van der Waals surface area contributed by atoms with Gasteiger partial charge >= 0.3 is 6.98 Å². The molecule has 21 heavy (non-hydrogen) atoms. The minimum Gasteiger partial charge on any atom is -0.421 e. The van der Waals surface area contributed by atoms with Gasteiger partial charge in [0.1, 0.15) is 0 Å². The molecule has 0 amide bonds. The molecule has 2 rings (SSSR count). The molecule has 1 radical (unpaired) electrons. The topological polar surface area (TPSA) is 9.72 Å². The standard InChI is InChI=1S/C15H28B2N3Si/c1-5-6-7-11-14-19-16(2)18(4)21-20(17(19)3)15-12-9-8-10-13-15/h8-10,12-13,21H,5-7,11,14H2,1-4H3. The van der Waals surface area contributed by atoms with Crippen molar-refractivity contribution in [3.63, 3.8) is 0 Å². The Morgan fingerprint density at radius 3 is 2.38 bits per heavy atom. The van der Waals surface area contributed by atoms with Crippen LogP contribution in [0.5, 0.6) is 0 Å². The third kappa shape index (κ3) is 4.15. The van der Waals surface area contributed by atoms with Crippen LogP contribution in [-0.2, 0) is 0 Å². The van der Waals surface area contributed by atoms with Crippen molar-refractivity contribution in [2.24, 2.45) is 0 Å². The van der Waals surface area contributed by atoms with Crippen LogP contribution in [0.1, 0.15) is 32.6 Å². The first kappa shape index (κ1) is 16.7. The molecule has 0 aromatic heterocycles. The third-order valence-electron chi connectivity index (χ3n) is 4.58. The van der Waals surface area contributed by atoms with E-state index in [9.17, 15) is 0 Å². The number of rotatable bonds is 6. The van der Waals surface area contributed by atoms with E-state index >= 15 is 0 Å². The molecule has 0 atom stereocenters. The lowest BCUT2D eigenvalue weighted by Crippen LogP contribution is -2.70. The molecule has 0 N–H and O–H groups in total. The molecule has 113 valence electrons. The fraction of sp³-hybridized carbons (Fsp3) is 0.600. The van der Waals surface area contributed by atoms with Crippen LogP contribution in [0.4, 0.5) is 5.69 Å². The molecular weight excluding hydrogens is 272 g/mol. The van der Waals surface area contributed by atoms with Crippen molar-refractivity contribution in [2.45, 2.75) is 46.3 Å². The van der Waals surface area contributed by atoms with Gasteiger partial charge in [0, 0.05) is 5.69 Å². The van der Waals surface area contributed by atoms with Crippen LogP contribution >= 0.6 is 0 Å². The lowest BCUT2D eigenvalue weighted by molar-refractivity contribution is 0.528. The van der Waals surface area contributed by atoms with Gasteiger partial charge in [-0.3, -0.25) is 0 Å². The maximum absolute atomic E-state index is 2.65. The van der Waals surface area contributed by atoms with E-state index < -0.39 is 0 Å². The Hall–Kier alpha value is -0.713. The van der Waals surface area contributed by atoms with E-state index in [1.165, 1.54) is 37.9 Å². The quantitative estimate of drug-likeness (QED) is 0.591. The van der Waals surface area contributed by atoms with Gasteiger partial charge in [0.2, 0.25) is 9.84 Å². The highest BCUT2D eigenvalue weighted by Gasteiger charge is 2.39. The highest BCUT2D eigenvalue weighted by Crippen LogP contribution is 2.21. The van der Waals surface area contributed by atoms with E-state index in [0.29, 0.717) is 14.0 Å². The number of hydrogen-bond acceptors (Lipinski definition) is 3. The monoisotopic (exact) mass is 300 g/mol. The van der Waals surface area contributed by atoms with Crippen molar-refractivity contribution in [2.75, 3.05) is 18.1 Å². The van der Waals surface area contributed by atoms with Gasteiger partial charge in [-0.15, -0.1) is 0 Å². The molecule has 1 saturated heterocycles. The first-order valence-electron chi connectivity index (χ1n) is 8.31. The minimum absolute atomic E-state index is 0.168. The predicted molar refractivity (Wildman–Crippen MR) is 97.9 cm³/mol. The summed E-state index contributed by atoms with van der Waals surface area (Å²) in [4.78, 5) is 0. The maximum atomic E-state index is 2.65. The Labute approximate surface area is 133 Å². The molecule has 3 nitrogen and oxygen atoms in total. The molecule has 1 aliphatic rings. The zero-order chi connectivity index (χ0) is 15.2. The number of benzene rings is 1. The average Bonchev–Trinajstić information content (AvgIpc) is 2.51. The van der Waals surface area contributed by atoms with Gasteiger partial charge in [-0.2, -0.15) is 0 Å². The number of para-hydroxylation sites is 1. The number of unbranched alkanes of at least 4 members (excludes halogenated alkanes) is 3. The van der Waals surface area contributed by atoms with Gasteiger partial charge < -0.3 is 13.7 Å². The third-order valence-corrected chi connectivity index (χ3v) is 6.36. The van der Waals surface area contributed by atoms with E-state index in [-0.39, 0.29) is 9.84 Å². The van der Waals surface area contributed by atoms with Crippen LogP contribution in [0.3, 0.4) is 0 Å². The molecule has 0 bridgehead atoms. The molecule has 1 heterocycles. The molecule has 6 heteroatoms. The summed E-state index contributed by atoms with van der Waals surface area (Å²) in [6.07, 6.45) is 5.34. The van der Waals surface area contributed by atoms with Gasteiger partial charge in [-0.25, -0.2) is 0 Å². The first-order valence-corrected chi connectivity index (χ1v) is 9.34. The van der Waals surface area contributed by atoms with Crippen molar-refractivity contribution < 1.29 is 0 Å². The molecule has 0 spiro atoms. The SMILES string of the molecule is CCCCCCN1B(C)N(C)[SiH]N(c2ccccc2)B1C. The van der Waals surface area contributed by atoms with Crippen molar-refractivity contribution >= 4 is 29.5 Å². The van der Waals surface area contributed by atoms with Crippen molar-refractivity contribution in [1.29, 1.82) is 0 Å². The van der Waals surface area contributed by atoms with E-state index in [0.717, 1.165) is 0 Å². The van der Waals surface area contributed by atoms with E-state index in [2.05, 4.69) is 71.6 Å². The molecule has 1 aliphatic heterocycles. The predicted octanol–water partition coefficient (Wildman–Crippen LogP) is 2.82. The van der Waals surface area contributed by atoms with Crippen LogP contribution in [0.15, 0.2) is 30.3 Å². The Bertz CT molecular complexity index is 421. The molecular formula is C15H28B2N3Si. The second-order valence-corrected chi connectivity index (χ2v) is 7.69. The zero-order valence-corrected chi connectivity index (χ0v) is 15.2. The first-order chi connectivity index (χ1) is 10.1. The van der Waals surface area contributed by atoms with Gasteiger partial charge in [0.05, 0.1) is 0 Å². The molecule has 0 unspecified atom stereocenters. The molecule has 1 aromatic carbocycles. The highest BCUT2D eigenvalue weighted by atomic mass is 28.2. The average molecular weight is 300 g/mol. The lowest BCUT2D eigenvalue weighted by atomic mass is 9.61. The fourth-order valence-corrected chi connectivity index (χ4v) is 4.50. The number of anilines is 1. The number of hydrogen-bond donors (Lipinski definition) is 0. The summed E-state index contributed by atoms with van der Waals surface area (Å²) < 4.78 is 7.76. The Morgan fingerprint density at radius 1 is 1.00 bits per heavy atom. The van der Waals surface area contributed by atoms with Crippen molar-refractivity contribution in [1.82, 2.24) is 9.20 Å².